The molecule has 0 aliphatic carbocycles. The highest BCUT2D eigenvalue weighted by Gasteiger charge is 2.15. The first kappa shape index (κ1) is 18.2. The zero-order valence-corrected chi connectivity index (χ0v) is 15.4. The number of nitrogens with zero attached hydrogens (tertiary/aromatic N) is 2. The maximum Gasteiger partial charge on any atom is 0.256 e. The monoisotopic (exact) mass is 355 g/mol. The molecule has 0 aliphatic heterocycles. The largest absolute Gasteiger partial charge is 0.375 e. The van der Waals surface area contributed by atoms with Gasteiger partial charge in [0.15, 0.2) is 0 Å². The summed E-state index contributed by atoms with van der Waals surface area (Å²) < 4.78 is 0. The molecule has 0 fully saturated rings. The molecule has 4 nitrogen and oxygen atoms in total. The van der Waals surface area contributed by atoms with E-state index in [1.807, 2.05) is 67.7 Å². The predicted molar refractivity (Wildman–Crippen MR) is 110 cm³/mol. The number of benzene rings is 3. The van der Waals surface area contributed by atoms with Crippen molar-refractivity contribution in [2.45, 2.75) is 6.92 Å². The van der Waals surface area contributed by atoms with Crippen molar-refractivity contribution >= 4 is 17.3 Å². The molecule has 0 aliphatic rings. The van der Waals surface area contributed by atoms with Crippen molar-refractivity contribution in [1.29, 1.82) is 5.26 Å². The Morgan fingerprint density at radius 1 is 1.00 bits per heavy atom. The summed E-state index contributed by atoms with van der Waals surface area (Å²) in [5, 5.41) is 12.4. The molecule has 0 atom stereocenters. The number of carbonyl (C=O) groups is 1. The highest BCUT2D eigenvalue weighted by molar-refractivity contribution is 6.09. The van der Waals surface area contributed by atoms with Crippen molar-refractivity contribution < 1.29 is 4.79 Å². The molecule has 3 rings (SSSR count). The molecule has 0 aromatic heterocycles. The lowest BCUT2D eigenvalue weighted by Crippen LogP contribution is -2.17. The van der Waals surface area contributed by atoms with Crippen LogP contribution in [0.2, 0.25) is 0 Å². The zero-order valence-electron chi connectivity index (χ0n) is 15.4. The van der Waals surface area contributed by atoms with E-state index in [9.17, 15) is 10.1 Å². The van der Waals surface area contributed by atoms with Gasteiger partial charge in [-0.05, 0) is 42.8 Å². The van der Waals surface area contributed by atoms with E-state index in [-0.39, 0.29) is 5.91 Å². The van der Waals surface area contributed by atoms with Crippen LogP contribution in [0.3, 0.4) is 0 Å². The Morgan fingerprint density at radius 3 is 2.44 bits per heavy atom. The van der Waals surface area contributed by atoms with E-state index in [0.29, 0.717) is 11.1 Å². The summed E-state index contributed by atoms with van der Waals surface area (Å²) >= 11 is 0. The Kier molecular flexibility index (Phi) is 5.53. The lowest BCUT2D eigenvalue weighted by atomic mass is 9.95. The maximum absolute atomic E-state index is 13.0. The number of nitrogens with one attached hydrogen (secondary N) is 1. The van der Waals surface area contributed by atoms with Crippen LogP contribution in [0.1, 0.15) is 22.8 Å². The molecule has 1 amide bonds. The van der Waals surface area contributed by atoms with Crippen molar-refractivity contribution in [2.75, 3.05) is 23.8 Å². The summed E-state index contributed by atoms with van der Waals surface area (Å²) in [6.45, 7) is 2.96. The van der Waals surface area contributed by atoms with Gasteiger partial charge in [-0.3, -0.25) is 4.79 Å². The first-order valence-electron chi connectivity index (χ1n) is 8.85. The molecule has 0 bridgehead atoms. The fourth-order valence-corrected chi connectivity index (χ4v) is 2.93. The quantitative estimate of drug-likeness (QED) is 0.706. The average molecular weight is 355 g/mol. The molecular formula is C23H21N3O. The Labute approximate surface area is 159 Å². The number of nitriles is 1. The minimum absolute atomic E-state index is 0.199. The highest BCUT2D eigenvalue weighted by atomic mass is 16.1. The number of anilines is 2. The molecule has 27 heavy (non-hydrogen) atoms. The summed E-state index contributed by atoms with van der Waals surface area (Å²) in [6, 6.07) is 24.6. The normalized spacial score (nSPS) is 10.1. The van der Waals surface area contributed by atoms with Crippen LogP contribution in [0, 0.1) is 11.3 Å². The lowest BCUT2D eigenvalue weighted by molar-refractivity contribution is 0.102. The Morgan fingerprint density at radius 2 is 1.70 bits per heavy atom. The minimum Gasteiger partial charge on any atom is -0.375 e. The molecule has 0 heterocycles. The van der Waals surface area contributed by atoms with Crippen LogP contribution in [-0.2, 0) is 0 Å². The van der Waals surface area contributed by atoms with E-state index >= 15 is 0 Å². The van der Waals surface area contributed by atoms with E-state index in [1.165, 1.54) is 0 Å². The molecular weight excluding hydrogens is 334 g/mol. The fraction of sp³-hybridized carbons (Fsp3) is 0.130. The second-order valence-electron chi connectivity index (χ2n) is 6.22. The van der Waals surface area contributed by atoms with Gasteiger partial charge in [0.2, 0.25) is 0 Å². The highest BCUT2D eigenvalue weighted by Crippen LogP contribution is 2.28. The Hall–Kier alpha value is -3.58. The van der Waals surface area contributed by atoms with E-state index in [4.69, 9.17) is 0 Å². The lowest BCUT2D eigenvalue weighted by Gasteiger charge is -2.18. The van der Waals surface area contributed by atoms with Crippen molar-refractivity contribution in [3.63, 3.8) is 0 Å². The summed E-state index contributed by atoms with van der Waals surface area (Å²) in [5.74, 6) is -0.199. The zero-order chi connectivity index (χ0) is 19.2. The standard InChI is InChI=1S/C23H21N3O/c1-3-26(2)19-11-8-10-18(15-19)25-23(27)22-14-7-6-13-21(22)20-12-5-4-9-17(20)16-24/h4-15H,3H2,1-2H3,(H,25,27). The predicted octanol–water partition coefficient (Wildman–Crippen LogP) is 4.93. The second-order valence-corrected chi connectivity index (χ2v) is 6.22. The molecule has 0 spiro atoms. The van der Waals surface area contributed by atoms with Crippen molar-refractivity contribution in [3.8, 4) is 17.2 Å². The maximum atomic E-state index is 13.0. The van der Waals surface area contributed by atoms with Crippen LogP contribution in [0.4, 0.5) is 11.4 Å². The smallest absolute Gasteiger partial charge is 0.256 e. The van der Waals surface area contributed by atoms with Crippen molar-refractivity contribution in [3.05, 3.63) is 83.9 Å². The minimum atomic E-state index is -0.199. The molecule has 3 aromatic carbocycles. The molecule has 0 unspecified atom stereocenters. The van der Waals surface area contributed by atoms with E-state index in [2.05, 4.69) is 23.2 Å². The van der Waals surface area contributed by atoms with Gasteiger partial charge in [-0.1, -0.05) is 42.5 Å². The van der Waals surface area contributed by atoms with Gasteiger partial charge in [-0.25, -0.2) is 0 Å². The molecule has 0 radical (unpaired) electrons. The van der Waals surface area contributed by atoms with Crippen LogP contribution in [0.5, 0.6) is 0 Å². The third-order valence-electron chi connectivity index (χ3n) is 4.53. The third kappa shape index (κ3) is 3.99. The molecule has 4 heteroatoms. The average Bonchev–Trinajstić information content (AvgIpc) is 2.73. The van der Waals surface area contributed by atoms with Gasteiger partial charge >= 0.3 is 0 Å². The fourth-order valence-electron chi connectivity index (χ4n) is 2.93. The van der Waals surface area contributed by atoms with Gasteiger partial charge in [-0.2, -0.15) is 5.26 Å². The molecule has 0 saturated heterocycles. The topological polar surface area (TPSA) is 56.1 Å². The number of amides is 1. The molecule has 0 saturated carbocycles. The summed E-state index contributed by atoms with van der Waals surface area (Å²) in [7, 11) is 2.01. The van der Waals surface area contributed by atoms with Gasteiger partial charge in [0.05, 0.1) is 11.6 Å². The van der Waals surface area contributed by atoms with Gasteiger partial charge < -0.3 is 10.2 Å². The number of hydrogen-bond donors (Lipinski definition) is 1. The number of rotatable bonds is 5. The molecule has 134 valence electrons. The first-order valence-corrected chi connectivity index (χ1v) is 8.85. The number of hydrogen-bond acceptors (Lipinski definition) is 3. The van der Waals surface area contributed by atoms with Gasteiger partial charge in [0, 0.05) is 36.1 Å². The Bertz CT molecular complexity index is 1000. The molecule has 3 aromatic rings. The van der Waals surface area contributed by atoms with Crippen LogP contribution in [0.15, 0.2) is 72.8 Å². The SMILES string of the molecule is CCN(C)c1cccc(NC(=O)c2ccccc2-c2ccccc2C#N)c1. The van der Waals surface area contributed by atoms with E-state index < -0.39 is 0 Å². The van der Waals surface area contributed by atoms with Gasteiger partial charge in [0.25, 0.3) is 5.91 Å². The van der Waals surface area contributed by atoms with Crippen LogP contribution < -0.4 is 10.2 Å². The summed E-state index contributed by atoms with van der Waals surface area (Å²) in [5.41, 5.74) is 4.36. The first-order chi connectivity index (χ1) is 13.1. The van der Waals surface area contributed by atoms with Gasteiger partial charge in [0.1, 0.15) is 0 Å². The van der Waals surface area contributed by atoms with Crippen LogP contribution in [0.25, 0.3) is 11.1 Å². The third-order valence-corrected chi connectivity index (χ3v) is 4.53. The Balaban J connectivity index is 1.94. The second kappa shape index (κ2) is 8.20. The van der Waals surface area contributed by atoms with Gasteiger partial charge in [-0.15, -0.1) is 0 Å². The molecule has 1 N–H and O–H groups in total. The summed E-state index contributed by atoms with van der Waals surface area (Å²) in [6.07, 6.45) is 0. The van der Waals surface area contributed by atoms with E-state index in [0.717, 1.165) is 29.0 Å². The van der Waals surface area contributed by atoms with E-state index in [1.54, 1.807) is 12.1 Å². The van der Waals surface area contributed by atoms with Crippen LogP contribution >= 0.6 is 0 Å². The van der Waals surface area contributed by atoms with Crippen molar-refractivity contribution in [2.24, 2.45) is 0 Å². The summed E-state index contributed by atoms with van der Waals surface area (Å²) in [4.78, 5) is 15.1. The van der Waals surface area contributed by atoms with Crippen molar-refractivity contribution in [1.82, 2.24) is 0 Å². The van der Waals surface area contributed by atoms with Crippen LogP contribution in [-0.4, -0.2) is 19.5 Å². The number of carbonyl (C=O) groups excluding carboxylic acids is 1.